The number of halogens is 3. The van der Waals surface area contributed by atoms with Crippen LogP contribution in [0.3, 0.4) is 0 Å². The lowest BCUT2D eigenvalue weighted by Gasteiger charge is -2.10. The summed E-state index contributed by atoms with van der Waals surface area (Å²) in [5.74, 6) is -2.25. The normalized spacial score (nSPS) is 10.6. The topological polar surface area (TPSA) is 35.0 Å². The maximum atomic E-state index is 14.2. The molecule has 0 bridgehead atoms. The van der Waals surface area contributed by atoms with Crippen molar-refractivity contribution in [2.45, 2.75) is 6.61 Å². The Morgan fingerprint density at radius 1 is 0.913 bits per heavy atom. The summed E-state index contributed by atoms with van der Waals surface area (Å²) in [6.45, 7) is 0.150. The Labute approximate surface area is 136 Å². The second kappa shape index (κ2) is 6.71. The summed E-state index contributed by atoms with van der Waals surface area (Å²) in [7, 11) is 0. The van der Waals surface area contributed by atoms with Crippen LogP contribution in [0.15, 0.2) is 54.9 Å². The van der Waals surface area contributed by atoms with Crippen LogP contribution in [0.5, 0.6) is 5.75 Å². The lowest BCUT2D eigenvalue weighted by Crippen LogP contribution is -2.00. The van der Waals surface area contributed by atoms with E-state index in [4.69, 9.17) is 16.3 Å². The molecule has 0 aliphatic rings. The van der Waals surface area contributed by atoms with Crippen molar-refractivity contribution in [3.05, 3.63) is 77.2 Å². The van der Waals surface area contributed by atoms with Gasteiger partial charge in [0.15, 0.2) is 11.6 Å². The monoisotopic (exact) mass is 332 g/mol. The highest BCUT2D eigenvalue weighted by molar-refractivity contribution is 6.29. The van der Waals surface area contributed by atoms with Gasteiger partial charge in [0.2, 0.25) is 5.82 Å². The molecule has 2 aromatic carbocycles. The van der Waals surface area contributed by atoms with Crippen LogP contribution >= 0.6 is 11.6 Å². The summed E-state index contributed by atoms with van der Waals surface area (Å²) in [6.07, 6.45) is 2.55. The standard InChI is InChI=1S/C17H11ClF2N2O/c18-15-9-21-13(8-22-15)12-6-7-14(17(20)16(12)19)23-10-11-4-2-1-3-5-11/h1-9H,10H2. The van der Waals surface area contributed by atoms with Gasteiger partial charge >= 0.3 is 0 Å². The fourth-order valence-corrected chi connectivity index (χ4v) is 2.13. The Balaban J connectivity index is 1.84. The average Bonchev–Trinajstić information content (AvgIpc) is 2.58. The zero-order valence-corrected chi connectivity index (χ0v) is 12.6. The molecule has 0 N–H and O–H groups in total. The summed E-state index contributed by atoms with van der Waals surface area (Å²) in [5, 5.41) is 0.178. The predicted molar refractivity (Wildman–Crippen MR) is 83.2 cm³/mol. The molecule has 1 heterocycles. The molecule has 6 heteroatoms. The lowest BCUT2D eigenvalue weighted by atomic mass is 10.1. The van der Waals surface area contributed by atoms with Gasteiger partial charge in [-0.1, -0.05) is 41.9 Å². The fourth-order valence-electron chi connectivity index (χ4n) is 2.03. The number of hydrogen-bond acceptors (Lipinski definition) is 3. The molecular formula is C17H11ClF2N2O. The van der Waals surface area contributed by atoms with E-state index in [9.17, 15) is 8.78 Å². The van der Waals surface area contributed by atoms with Crippen molar-refractivity contribution in [2.24, 2.45) is 0 Å². The predicted octanol–water partition coefficient (Wildman–Crippen LogP) is 4.65. The van der Waals surface area contributed by atoms with Crippen LogP contribution in [-0.2, 0) is 6.61 Å². The van der Waals surface area contributed by atoms with Crippen molar-refractivity contribution >= 4 is 11.6 Å². The van der Waals surface area contributed by atoms with Gasteiger partial charge in [0.25, 0.3) is 0 Å². The molecule has 3 nitrogen and oxygen atoms in total. The third-order valence-electron chi connectivity index (χ3n) is 3.18. The summed E-state index contributed by atoms with van der Waals surface area (Å²) < 4.78 is 33.7. The molecule has 0 fully saturated rings. The largest absolute Gasteiger partial charge is 0.486 e. The molecule has 0 aliphatic heterocycles. The van der Waals surface area contributed by atoms with Gasteiger partial charge in [-0.05, 0) is 17.7 Å². The molecule has 0 saturated heterocycles. The van der Waals surface area contributed by atoms with E-state index < -0.39 is 11.6 Å². The number of ether oxygens (including phenoxy) is 1. The van der Waals surface area contributed by atoms with Crippen LogP contribution < -0.4 is 4.74 Å². The molecule has 3 aromatic rings. The van der Waals surface area contributed by atoms with Crippen molar-refractivity contribution in [2.75, 3.05) is 0 Å². The van der Waals surface area contributed by atoms with Crippen LogP contribution in [0.4, 0.5) is 8.78 Å². The van der Waals surface area contributed by atoms with Gasteiger partial charge in [-0.15, -0.1) is 0 Å². The first kappa shape index (κ1) is 15.4. The van der Waals surface area contributed by atoms with Gasteiger partial charge in [0.05, 0.1) is 18.1 Å². The Morgan fingerprint density at radius 2 is 1.70 bits per heavy atom. The zero-order chi connectivity index (χ0) is 16.2. The van der Waals surface area contributed by atoms with Crippen molar-refractivity contribution in [3.63, 3.8) is 0 Å². The van der Waals surface area contributed by atoms with Crippen molar-refractivity contribution in [1.82, 2.24) is 9.97 Å². The van der Waals surface area contributed by atoms with Crippen molar-refractivity contribution in [3.8, 4) is 17.0 Å². The molecule has 0 atom stereocenters. The molecule has 23 heavy (non-hydrogen) atoms. The van der Waals surface area contributed by atoms with E-state index in [-0.39, 0.29) is 28.8 Å². The first-order valence-corrected chi connectivity index (χ1v) is 7.15. The minimum atomic E-state index is -1.06. The second-order valence-corrected chi connectivity index (χ2v) is 5.13. The Bertz CT molecular complexity index is 811. The van der Waals surface area contributed by atoms with Crippen molar-refractivity contribution in [1.29, 1.82) is 0 Å². The van der Waals surface area contributed by atoms with E-state index in [0.717, 1.165) is 5.56 Å². The smallest absolute Gasteiger partial charge is 0.201 e. The highest BCUT2D eigenvalue weighted by atomic mass is 35.5. The van der Waals surface area contributed by atoms with Crippen molar-refractivity contribution < 1.29 is 13.5 Å². The second-order valence-electron chi connectivity index (χ2n) is 4.74. The summed E-state index contributed by atoms with van der Waals surface area (Å²) in [4.78, 5) is 7.74. The number of aromatic nitrogens is 2. The average molecular weight is 333 g/mol. The van der Waals surface area contributed by atoms with Gasteiger partial charge in [0, 0.05) is 5.56 Å². The van der Waals surface area contributed by atoms with E-state index in [0.29, 0.717) is 0 Å². The van der Waals surface area contributed by atoms with Crippen LogP contribution in [0.25, 0.3) is 11.3 Å². The summed E-state index contributed by atoms with van der Waals surface area (Å²) in [6, 6.07) is 12.0. The van der Waals surface area contributed by atoms with Crippen LogP contribution in [0.2, 0.25) is 5.15 Å². The van der Waals surface area contributed by atoms with E-state index in [2.05, 4.69) is 9.97 Å². The zero-order valence-electron chi connectivity index (χ0n) is 11.8. The number of rotatable bonds is 4. The van der Waals surface area contributed by atoms with E-state index >= 15 is 0 Å². The molecule has 116 valence electrons. The van der Waals surface area contributed by atoms with Gasteiger partial charge in [0.1, 0.15) is 11.8 Å². The number of benzene rings is 2. The molecule has 1 aromatic heterocycles. The van der Waals surface area contributed by atoms with E-state index in [1.807, 2.05) is 30.3 Å². The summed E-state index contributed by atoms with van der Waals surface area (Å²) >= 11 is 5.63. The Hall–Kier alpha value is -2.53. The lowest BCUT2D eigenvalue weighted by molar-refractivity contribution is 0.285. The first-order chi connectivity index (χ1) is 11.1. The summed E-state index contributed by atoms with van der Waals surface area (Å²) in [5.41, 5.74) is 1.05. The molecule has 0 amide bonds. The molecule has 0 spiro atoms. The van der Waals surface area contributed by atoms with Gasteiger partial charge in [-0.25, -0.2) is 9.37 Å². The maximum absolute atomic E-state index is 14.2. The number of nitrogens with zero attached hydrogens (tertiary/aromatic N) is 2. The van der Waals surface area contributed by atoms with Gasteiger partial charge in [-0.3, -0.25) is 4.98 Å². The maximum Gasteiger partial charge on any atom is 0.201 e. The first-order valence-electron chi connectivity index (χ1n) is 6.78. The fraction of sp³-hybridized carbons (Fsp3) is 0.0588. The van der Waals surface area contributed by atoms with E-state index in [1.165, 1.54) is 24.5 Å². The number of hydrogen-bond donors (Lipinski definition) is 0. The quantitative estimate of drug-likeness (QED) is 0.697. The van der Waals surface area contributed by atoms with Gasteiger partial charge < -0.3 is 4.74 Å². The van der Waals surface area contributed by atoms with Gasteiger partial charge in [-0.2, -0.15) is 4.39 Å². The molecule has 0 unspecified atom stereocenters. The Morgan fingerprint density at radius 3 is 2.39 bits per heavy atom. The third-order valence-corrected chi connectivity index (χ3v) is 3.38. The third kappa shape index (κ3) is 3.46. The molecule has 0 saturated carbocycles. The Kier molecular flexibility index (Phi) is 4.48. The van der Waals surface area contributed by atoms with Crippen LogP contribution in [-0.4, -0.2) is 9.97 Å². The van der Waals surface area contributed by atoms with E-state index in [1.54, 1.807) is 0 Å². The highest BCUT2D eigenvalue weighted by Gasteiger charge is 2.17. The molecular weight excluding hydrogens is 322 g/mol. The molecule has 0 aliphatic carbocycles. The molecule has 0 radical (unpaired) electrons. The van der Waals surface area contributed by atoms with Crippen LogP contribution in [0.1, 0.15) is 5.56 Å². The minimum Gasteiger partial charge on any atom is -0.486 e. The van der Waals surface area contributed by atoms with Crippen LogP contribution in [0, 0.1) is 11.6 Å². The SMILES string of the molecule is Fc1c(OCc2ccccc2)ccc(-c2cnc(Cl)cn2)c1F. The highest BCUT2D eigenvalue weighted by Crippen LogP contribution is 2.29. The molecule has 3 rings (SSSR count). The minimum absolute atomic E-state index is 0.00118.